The quantitative estimate of drug-likeness (QED) is 0.0922. The number of morpholine rings is 1. The van der Waals surface area contributed by atoms with Gasteiger partial charge in [0.25, 0.3) is 21.6 Å². The van der Waals surface area contributed by atoms with Gasteiger partial charge in [0, 0.05) is 92.2 Å². The van der Waals surface area contributed by atoms with E-state index in [0.29, 0.717) is 61.9 Å². The molecule has 340 valence electrons. The molecule has 9 rings (SSSR count). The predicted octanol–water partition coefficient (Wildman–Crippen LogP) is 7.79. The van der Waals surface area contributed by atoms with E-state index in [1.165, 1.54) is 29.0 Å². The van der Waals surface area contributed by atoms with Gasteiger partial charge in [-0.15, -0.1) is 0 Å². The van der Waals surface area contributed by atoms with E-state index in [1.54, 1.807) is 35.4 Å². The molecule has 2 fully saturated rings. The highest BCUT2D eigenvalue weighted by molar-refractivity contribution is 7.90. The summed E-state index contributed by atoms with van der Waals surface area (Å²) in [5, 5.41) is 13.8. The number of allylic oxidation sites excluding steroid dienone is 1. The standard InChI is InChI=1S/C48H52ClN7O8S/c1-48(2)11-9-34(42(28-48)32-3-5-36(49)6-4-32)30-53-13-15-54(16-14-53)37-7-8-40(44(26-37)64-38-24-33-10-12-50-46(33)51-29-38)47(58)52-65(61,62)39-25-35-21-31(22-41(35)43(27-39)56(59)60)23-45(57)55-17-19-63-20-18-55/h3-8,10,12,24-27,29,31H,9,11,13-23,28,30H2,1-2H3,(H,50,51)(H,52,58)/t31-/m1/s1. The van der Waals surface area contributed by atoms with Crippen molar-refractivity contribution < 1.29 is 32.4 Å². The Labute approximate surface area is 382 Å². The number of hydrogen-bond acceptors (Lipinski definition) is 11. The van der Waals surface area contributed by atoms with Crippen molar-refractivity contribution in [3.8, 4) is 11.5 Å². The SMILES string of the molecule is CC1(C)CCC(CN2CCN(c3ccc(C(=O)NS(=O)(=O)c4cc5c(c([N+](=O)[O-])c4)C[C@H](CC(=O)N4CCOCC4)C5)c(Oc4cnc5[nH]ccc5c4)c3)CC2)=C(c2ccc(Cl)cc2)C1. The van der Waals surface area contributed by atoms with Crippen molar-refractivity contribution in [3.05, 3.63) is 122 Å². The number of ether oxygens (including phenoxy) is 2. The topological polar surface area (TPSA) is 180 Å². The van der Waals surface area contributed by atoms with Crippen LogP contribution in [0.5, 0.6) is 11.5 Å². The maximum Gasteiger partial charge on any atom is 0.274 e. The number of carbonyl (C=O) groups excluding carboxylic acids is 2. The van der Waals surface area contributed by atoms with Crippen molar-refractivity contribution in [2.75, 3.05) is 63.9 Å². The summed E-state index contributed by atoms with van der Waals surface area (Å²) in [4.78, 5) is 52.3. The lowest BCUT2D eigenvalue weighted by atomic mass is 9.72. The smallest absolute Gasteiger partial charge is 0.274 e. The molecule has 2 N–H and O–H groups in total. The largest absolute Gasteiger partial charge is 0.455 e. The van der Waals surface area contributed by atoms with Gasteiger partial charge in [0.15, 0.2) is 0 Å². The highest BCUT2D eigenvalue weighted by atomic mass is 35.5. The number of benzene rings is 3. The zero-order chi connectivity index (χ0) is 45.5. The highest BCUT2D eigenvalue weighted by Gasteiger charge is 2.35. The van der Waals surface area contributed by atoms with Crippen molar-refractivity contribution in [1.29, 1.82) is 0 Å². The molecule has 0 saturated carbocycles. The molecule has 0 bridgehead atoms. The Morgan fingerprint density at radius 3 is 2.52 bits per heavy atom. The Balaban J connectivity index is 0.935. The lowest BCUT2D eigenvalue weighted by Gasteiger charge is -2.39. The van der Waals surface area contributed by atoms with Crippen molar-refractivity contribution >= 4 is 61.4 Å². The summed E-state index contributed by atoms with van der Waals surface area (Å²) in [6, 6.07) is 19.2. The molecule has 2 aromatic heterocycles. The summed E-state index contributed by atoms with van der Waals surface area (Å²) < 4.78 is 41.8. The average Bonchev–Trinajstić information content (AvgIpc) is 3.93. The number of carbonyl (C=O) groups is 2. The minimum absolute atomic E-state index is 0.0515. The number of rotatable bonds is 12. The average molecular weight is 923 g/mol. The number of amides is 2. The molecular formula is C48H52ClN7O8S. The molecule has 5 aromatic rings. The molecule has 65 heavy (non-hydrogen) atoms. The summed E-state index contributed by atoms with van der Waals surface area (Å²) in [7, 11) is -4.62. The number of H-pyrrole nitrogens is 1. The van der Waals surface area contributed by atoms with E-state index in [0.717, 1.165) is 61.1 Å². The zero-order valence-corrected chi connectivity index (χ0v) is 38.1. The summed E-state index contributed by atoms with van der Waals surface area (Å²) in [5.41, 5.74) is 6.21. The van der Waals surface area contributed by atoms with Gasteiger partial charge in [0.2, 0.25) is 5.91 Å². The number of aromatic amines is 1. The number of piperazine rings is 1. The monoisotopic (exact) mass is 921 g/mol. The maximum atomic E-state index is 14.1. The van der Waals surface area contributed by atoms with Crippen molar-refractivity contribution in [1.82, 2.24) is 24.5 Å². The predicted molar refractivity (Wildman–Crippen MR) is 248 cm³/mol. The fourth-order valence-electron chi connectivity index (χ4n) is 9.64. The van der Waals surface area contributed by atoms with Gasteiger partial charge in [-0.1, -0.05) is 43.2 Å². The molecule has 0 unspecified atom stereocenters. The Bertz CT molecular complexity index is 2800. The molecule has 15 nitrogen and oxygen atoms in total. The number of nitro groups is 1. The number of nitrogens with one attached hydrogen (secondary N) is 2. The number of anilines is 1. The summed E-state index contributed by atoms with van der Waals surface area (Å²) in [6.45, 7) is 10.5. The van der Waals surface area contributed by atoms with Crippen LogP contribution < -0.4 is 14.4 Å². The molecule has 2 aliphatic carbocycles. The van der Waals surface area contributed by atoms with E-state index in [1.807, 2.05) is 18.2 Å². The van der Waals surface area contributed by atoms with Gasteiger partial charge in [0.05, 0.1) is 34.8 Å². The van der Waals surface area contributed by atoms with Crippen LogP contribution in [0.25, 0.3) is 16.6 Å². The third kappa shape index (κ3) is 9.91. The molecule has 1 atom stereocenters. The molecule has 17 heteroatoms. The third-order valence-corrected chi connectivity index (χ3v) is 14.8. The molecule has 2 aliphatic heterocycles. The summed E-state index contributed by atoms with van der Waals surface area (Å²) >= 11 is 6.25. The van der Waals surface area contributed by atoms with E-state index in [-0.39, 0.29) is 53.5 Å². The van der Waals surface area contributed by atoms with Gasteiger partial charge in [0.1, 0.15) is 17.1 Å². The van der Waals surface area contributed by atoms with Gasteiger partial charge in [-0.3, -0.25) is 24.6 Å². The number of hydrogen-bond donors (Lipinski definition) is 2. The first-order chi connectivity index (χ1) is 31.2. The normalized spacial score (nSPS) is 19.0. The third-order valence-electron chi connectivity index (χ3n) is 13.2. The fourth-order valence-corrected chi connectivity index (χ4v) is 10.8. The Morgan fingerprint density at radius 2 is 1.77 bits per heavy atom. The molecule has 4 heterocycles. The number of sulfonamides is 1. The second kappa shape index (κ2) is 18.2. The number of fused-ring (bicyclic) bond motifs is 2. The first-order valence-electron chi connectivity index (χ1n) is 22.1. The Kier molecular flexibility index (Phi) is 12.4. The minimum atomic E-state index is -4.62. The van der Waals surface area contributed by atoms with Gasteiger partial charge in [-0.2, -0.15) is 0 Å². The van der Waals surface area contributed by atoms with Gasteiger partial charge >= 0.3 is 0 Å². The van der Waals surface area contributed by atoms with Crippen LogP contribution in [0.4, 0.5) is 11.4 Å². The van der Waals surface area contributed by atoms with Crippen LogP contribution in [0, 0.1) is 21.4 Å². The molecule has 2 saturated heterocycles. The van der Waals surface area contributed by atoms with Crippen LogP contribution in [0.15, 0.2) is 89.6 Å². The van der Waals surface area contributed by atoms with Gasteiger partial charge in [-0.25, -0.2) is 18.1 Å². The van der Waals surface area contributed by atoms with E-state index in [9.17, 15) is 28.1 Å². The number of pyridine rings is 1. The van der Waals surface area contributed by atoms with E-state index in [2.05, 4.69) is 50.5 Å². The first-order valence-corrected chi connectivity index (χ1v) is 24.0. The van der Waals surface area contributed by atoms with Crippen LogP contribution in [-0.4, -0.2) is 104 Å². The minimum Gasteiger partial charge on any atom is -0.455 e. The molecule has 4 aliphatic rings. The Hall–Kier alpha value is -5.81. The molecule has 0 radical (unpaired) electrons. The molecule has 2 amide bonds. The lowest BCUT2D eigenvalue weighted by molar-refractivity contribution is -0.385. The zero-order valence-electron chi connectivity index (χ0n) is 36.5. The van der Waals surface area contributed by atoms with E-state index >= 15 is 0 Å². The number of halogens is 1. The highest BCUT2D eigenvalue weighted by Crippen LogP contribution is 2.44. The van der Waals surface area contributed by atoms with Crippen LogP contribution in [0.3, 0.4) is 0 Å². The summed E-state index contributed by atoms with van der Waals surface area (Å²) in [5.74, 6) is -0.811. The van der Waals surface area contributed by atoms with Crippen molar-refractivity contribution in [2.24, 2.45) is 11.3 Å². The number of nitro benzene ring substituents is 1. The molecule has 0 spiro atoms. The molecule has 3 aromatic carbocycles. The maximum absolute atomic E-state index is 14.1. The van der Waals surface area contributed by atoms with Crippen molar-refractivity contribution in [2.45, 2.75) is 57.3 Å². The van der Waals surface area contributed by atoms with Crippen LogP contribution >= 0.6 is 11.6 Å². The second-order valence-corrected chi connectivity index (χ2v) is 20.4. The number of aromatic nitrogens is 2. The molecular weight excluding hydrogens is 870 g/mol. The first kappa shape index (κ1) is 44.4. The van der Waals surface area contributed by atoms with Crippen LogP contribution in [0.1, 0.15) is 66.6 Å². The second-order valence-electron chi connectivity index (χ2n) is 18.3. The Morgan fingerprint density at radius 1 is 1.00 bits per heavy atom. The van der Waals surface area contributed by atoms with E-state index in [4.69, 9.17) is 21.1 Å². The van der Waals surface area contributed by atoms with Gasteiger partial charge < -0.3 is 24.3 Å². The van der Waals surface area contributed by atoms with Gasteiger partial charge in [-0.05, 0) is 103 Å². The number of nitrogens with zero attached hydrogens (tertiary/aromatic N) is 5. The van der Waals surface area contributed by atoms with Crippen molar-refractivity contribution in [3.63, 3.8) is 0 Å². The fraction of sp³-hybridized carbons (Fsp3) is 0.396. The van der Waals surface area contributed by atoms with E-state index < -0.39 is 25.7 Å². The summed E-state index contributed by atoms with van der Waals surface area (Å²) in [6.07, 6.45) is 7.18. The van der Waals surface area contributed by atoms with Crippen LogP contribution in [-0.2, 0) is 32.4 Å². The van der Waals surface area contributed by atoms with Crippen LogP contribution in [0.2, 0.25) is 5.02 Å². The lowest BCUT2D eigenvalue weighted by Crippen LogP contribution is -2.47.